The van der Waals surface area contributed by atoms with Crippen molar-refractivity contribution in [2.45, 2.75) is 0 Å². The molecule has 0 saturated carbocycles. The molecule has 0 radical (unpaired) electrons. The molecule has 0 fully saturated rings. The first-order valence-electron chi connectivity index (χ1n) is 7.33. The van der Waals surface area contributed by atoms with E-state index < -0.39 is 0 Å². The van der Waals surface area contributed by atoms with Crippen molar-refractivity contribution in [3.05, 3.63) is 77.9 Å². The normalized spacial score (nSPS) is 10.9. The zero-order valence-corrected chi connectivity index (χ0v) is 14.8. The van der Waals surface area contributed by atoms with Crippen molar-refractivity contribution in [3.8, 4) is 11.5 Å². The van der Waals surface area contributed by atoms with E-state index in [1.165, 1.54) is 0 Å². The van der Waals surface area contributed by atoms with E-state index in [2.05, 4.69) is 15.0 Å². The van der Waals surface area contributed by atoms with Gasteiger partial charge in [0.15, 0.2) is 11.6 Å². The molecule has 0 aliphatic rings. The summed E-state index contributed by atoms with van der Waals surface area (Å²) in [4.78, 5) is 12.8. The third-order valence-electron chi connectivity index (χ3n) is 3.27. The Hall–Kier alpha value is -2.76. The van der Waals surface area contributed by atoms with Crippen LogP contribution in [-0.4, -0.2) is 27.6 Å². The van der Waals surface area contributed by atoms with Gasteiger partial charge in [-0.25, -0.2) is 15.0 Å². The minimum atomic E-state index is 0. The van der Waals surface area contributed by atoms with Crippen molar-refractivity contribution in [3.63, 3.8) is 0 Å². The van der Waals surface area contributed by atoms with E-state index in [1.807, 2.05) is 12.1 Å². The standard InChI is InChI=1S/C19H15N3O2.Ti/c23-16-8-3-1-6-14(16)12-20-18-10-5-11-19(22-18)21-13-15-7-2-4-9-17(15)24;/h1-13,23-24H;/b20-12+,21-13?;. The first-order valence-corrected chi connectivity index (χ1v) is 7.33. The molecule has 2 N–H and O–H groups in total. The maximum atomic E-state index is 9.72. The predicted molar refractivity (Wildman–Crippen MR) is 95.0 cm³/mol. The summed E-state index contributed by atoms with van der Waals surface area (Å²) in [7, 11) is 0. The number of benzene rings is 2. The Morgan fingerprint density at radius 2 is 1.08 bits per heavy atom. The molecule has 0 aliphatic carbocycles. The van der Waals surface area contributed by atoms with Crippen LogP contribution in [0.15, 0.2) is 76.7 Å². The number of hydrogen-bond acceptors (Lipinski definition) is 5. The smallest absolute Gasteiger partial charge is 0.154 e. The largest absolute Gasteiger partial charge is 0.507 e. The summed E-state index contributed by atoms with van der Waals surface area (Å²) >= 11 is 0. The summed E-state index contributed by atoms with van der Waals surface area (Å²) < 4.78 is 0. The van der Waals surface area contributed by atoms with Crippen molar-refractivity contribution in [2.24, 2.45) is 9.98 Å². The van der Waals surface area contributed by atoms with Crippen LogP contribution in [-0.2, 0) is 21.7 Å². The van der Waals surface area contributed by atoms with Gasteiger partial charge in [0, 0.05) is 45.3 Å². The summed E-state index contributed by atoms with van der Waals surface area (Å²) in [6, 6.07) is 19.1. The molecule has 1 aromatic heterocycles. The van der Waals surface area contributed by atoms with Crippen LogP contribution in [0.3, 0.4) is 0 Å². The molecule has 6 heteroatoms. The van der Waals surface area contributed by atoms with Gasteiger partial charge in [-0.3, -0.25) is 0 Å². The number of pyridine rings is 1. The molecular weight excluding hydrogens is 350 g/mol. The van der Waals surface area contributed by atoms with Crippen LogP contribution >= 0.6 is 0 Å². The van der Waals surface area contributed by atoms with Crippen LogP contribution in [0.25, 0.3) is 0 Å². The maximum absolute atomic E-state index is 9.72. The van der Waals surface area contributed by atoms with Gasteiger partial charge in [-0.1, -0.05) is 30.3 Å². The fourth-order valence-corrected chi connectivity index (χ4v) is 2.02. The van der Waals surface area contributed by atoms with Gasteiger partial charge in [-0.05, 0) is 36.4 Å². The number of hydrogen-bond donors (Lipinski definition) is 2. The van der Waals surface area contributed by atoms with Gasteiger partial charge >= 0.3 is 0 Å². The number of nitrogens with zero attached hydrogens (tertiary/aromatic N) is 3. The van der Waals surface area contributed by atoms with Gasteiger partial charge in [0.1, 0.15) is 11.5 Å². The molecule has 1 heterocycles. The molecule has 0 saturated heterocycles. The number of aliphatic imine (C=N–C) groups is 2. The minimum absolute atomic E-state index is 0. The third-order valence-corrected chi connectivity index (χ3v) is 3.27. The maximum Gasteiger partial charge on any atom is 0.154 e. The quantitative estimate of drug-likeness (QED) is 0.542. The Balaban J connectivity index is 0.00000225. The van der Waals surface area contributed by atoms with Crippen molar-refractivity contribution in [1.29, 1.82) is 0 Å². The number of aromatic nitrogens is 1. The topological polar surface area (TPSA) is 78.1 Å². The Labute approximate surface area is 160 Å². The summed E-state index contributed by atoms with van der Waals surface area (Å²) in [6.45, 7) is 0. The molecular formula is C19H15N3O2Ti. The average Bonchev–Trinajstić information content (AvgIpc) is 2.61. The van der Waals surface area contributed by atoms with E-state index in [0.29, 0.717) is 22.8 Å². The average molecular weight is 365 g/mol. The van der Waals surface area contributed by atoms with Crippen LogP contribution in [0.1, 0.15) is 11.1 Å². The van der Waals surface area contributed by atoms with Crippen LogP contribution < -0.4 is 0 Å². The third kappa shape index (κ3) is 5.11. The Morgan fingerprint density at radius 3 is 1.52 bits per heavy atom. The molecule has 0 aliphatic heterocycles. The zero-order valence-electron chi connectivity index (χ0n) is 13.2. The number of phenolic OH excluding ortho intramolecular Hbond substituents is 2. The van der Waals surface area contributed by atoms with Crippen LogP contribution in [0.2, 0.25) is 0 Å². The van der Waals surface area contributed by atoms with Crippen molar-refractivity contribution in [2.75, 3.05) is 0 Å². The zero-order chi connectivity index (χ0) is 16.8. The summed E-state index contributed by atoms with van der Waals surface area (Å²) in [5.41, 5.74) is 1.23. The molecule has 0 atom stereocenters. The van der Waals surface area contributed by atoms with Crippen molar-refractivity contribution in [1.82, 2.24) is 4.98 Å². The second kappa shape index (κ2) is 8.92. The fourth-order valence-electron chi connectivity index (χ4n) is 2.02. The molecule has 25 heavy (non-hydrogen) atoms. The van der Waals surface area contributed by atoms with Gasteiger partial charge in [0.25, 0.3) is 0 Å². The van der Waals surface area contributed by atoms with Crippen molar-refractivity contribution >= 4 is 24.1 Å². The SMILES string of the molecule is Oc1ccccc1C=Nc1cccc(/N=C/c2ccccc2O)n1.[Ti]. The Morgan fingerprint density at radius 1 is 0.640 bits per heavy atom. The summed E-state index contributed by atoms with van der Waals surface area (Å²) in [5.74, 6) is 1.28. The fraction of sp³-hybridized carbons (Fsp3) is 0. The second-order valence-corrected chi connectivity index (χ2v) is 4.99. The Bertz CT molecular complexity index is 840. The van der Waals surface area contributed by atoms with Gasteiger partial charge < -0.3 is 10.2 Å². The van der Waals surface area contributed by atoms with E-state index in [-0.39, 0.29) is 33.2 Å². The van der Waals surface area contributed by atoms with Gasteiger partial charge in [-0.2, -0.15) is 0 Å². The monoisotopic (exact) mass is 365 g/mol. The van der Waals surface area contributed by atoms with E-state index in [1.54, 1.807) is 67.0 Å². The number of aromatic hydroxyl groups is 2. The summed E-state index contributed by atoms with van der Waals surface area (Å²) in [5, 5.41) is 19.4. The van der Waals surface area contributed by atoms with Gasteiger partial charge in [0.05, 0.1) is 0 Å². The van der Waals surface area contributed by atoms with E-state index in [0.717, 1.165) is 0 Å². The molecule has 0 spiro atoms. The molecule has 3 rings (SSSR count). The van der Waals surface area contributed by atoms with Gasteiger partial charge in [0.2, 0.25) is 0 Å². The first-order chi connectivity index (χ1) is 11.7. The van der Waals surface area contributed by atoms with E-state index >= 15 is 0 Å². The second-order valence-electron chi connectivity index (χ2n) is 4.99. The van der Waals surface area contributed by atoms with Crippen LogP contribution in [0.4, 0.5) is 11.6 Å². The molecule has 5 nitrogen and oxygen atoms in total. The molecule has 0 bridgehead atoms. The minimum Gasteiger partial charge on any atom is -0.507 e. The molecule has 2 aromatic carbocycles. The van der Waals surface area contributed by atoms with Gasteiger partial charge in [-0.15, -0.1) is 0 Å². The number of rotatable bonds is 4. The van der Waals surface area contributed by atoms with E-state index in [4.69, 9.17) is 0 Å². The van der Waals surface area contributed by atoms with Crippen molar-refractivity contribution < 1.29 is 31.9 Å². The molecule has 3 aromatic rings. The number of phenols is 2. The molecule has 122 valence electrons. The number of para-hydroxylation sites is 2. The Kier molecular flexibility index (Phi) is 6.63. The predicted octanol–water partition coefficient (Wildman–Crippen LogP) is 3.99. The van der Waals surface area contributed by atoms with Crippen LogP contribution in [0, 0.1) is 0 Å². The molecule has 0 amide bonds. The summed E-state index contributed by atoms with van der Waals surface area (Å²) in [6.07, 6.45) is 3.10. The van der Waals surface area contributed by atoms with Crippen LogP contribution in [0.5, 0.6) is 11.5 Å². The van der Waals surface area contributed by atoms with E-state index in [9.17, 15) is 10.2 Å². The first kappa shape index (κ1) is 18.6. The molecule has 0 unspecified atom stereocenters.